The van der Waals surface area contributed by atoms with Crippen molar-refractivity contribution in [2.45, 2.75) is 27.2 Å². The van der Waals surface area contributed by atoms with Crippen LogP contribution in [-0.4, -0.2) is 19.2 Å². The standard InChI is InChI=1S/C12H20N2O/c1-6-8-14-11(9(3)4)10(7-2)12(15)13-5/h6,8-9H,1,7H2,2-5H3,(H,13,15)/b11-10+,14-8?. The summed E-state index contributed by atoms with van der Waals surface area (Å²) in [7, 11) is 1.63. The van der Waals surface area contributed by atoms with Crippen molar-refractivity contribution in [3.8, 4) is 0 Å². The number of allylic oxidation sites excluding steroid dienone is 2. The van der Waals surface area contributed by atoms with Crippen molar-refractivity contribution in [3.05, 3.63) is 23.9 Å². The highest BCUT2D eigenvalue weighted by Gasteiger charge is 2.14. The smallest absolute Gasteiger partial charge is 0.248 e. The maximum absolute atomic E-state index is 11.6. The number of rotatable bonds is 5. The number of hydrogen-bond donors (Lipinski definition) is 1. The molecule has 0 radical (unpaired) electrons. The summed E-state index contributed by atoms with van der Waals surface area (Å²) in [4.78, 5) is 15.8. The van der Waals surface area contributed by atoms with Gasteiger partial charge in [-0.25, -0.2) is 0 Å². The molecule has 0 aliphatic heterocycles. The van der Waals surface area contributed by atoms with E-state index < -0.39 is 0 Å². The first-order valence-electron chi connectivity index (χ1n) is 5.18. The molecule has 0 rings (SSSR count). The van der Waals surface area contributed by atoms with Crippen LogP contribution in [-0.2, 0) is 4.79 Å². The summed E-state index contributed by atoms with van der Waals surface area (Å²) in [6, 6.07) is 0. The monoisotopic (exact) mass is 208 g/mol. The van der Waals surface area contributed by atoms with Crippen molar-refractivity contribution in [2.24, 2.45) is 10.9 Å². The van der Waals surface area contributed by atoms with Crippen molar-refractivity contribution in [3.63, 3.8) is 0 Å². The van der Waals surface area contributed by atoms with E-state index in [1.54, 1.807) is 19.3 Å². The fourth-order valence-corrected chi connectivity index (χ4v) is 1.32. The van der Waals surface area contributed by atoms with Gasteiger partial charge in [-0.2, -0.15) is 0 Å². The largest absolute Gasteiger partial charge is 0.355 e. The third-order valence-corrected chi connectivity index (χ3v) is 2.03. The topological polar surface area (TPSA) is 41.5 Å². The molecule has 0 aromatic carbocycles. The van der Waals surface area contributed by atoms with E-state index in [9.17, 15) is 4.79 Å². The molecule has 0 heterocycles. The Kier molecular flexibility index (Phi) is 6.34. The van der Waals surface area contributed by atoms with Gasteiger partial charge in [0.25, 0.3) is 0 Å². The first-order chi connectivity index (χ1) is 7.08. The van der Waals surface area contributed by atoms with Crippen LogP contribution in [0.4, 0.5) is 0 Å². The highest BCUT2D eigenvalue weighted by atomic mass is 16.1. The van der Waals surface area contributed by atoms with E-state index in [0.29, 0.717) is 6.42 Å². The zero-order chi connectivity index (χ0) is 11.8. The van der Waals surface area contributed by atoms with Gasteiger partial charge in [-0.15, -0.1) is 0 Å². The van der Waals surface area contributed by atoms with Gasteiger partial charge in [0.15, 0.2) is 0 Å². The quantitative estimate of drug-likeness (QED) is 0.546. The lowest BCUT2D eigenvalue weighted by atomic mass is 10.0. The fourth-order valence-electron chi connectivity index (χ4n) is 1.32. The predicted octanol–water partition coefficient (Wildman–Crippen LogP) is 2.31. The summed E-state index contributed by atoms with van der Waals surface area (Å²) < 4.78 is 0. The molecular formula is C12H20N2O. The van der Waals surface area contributed by atoms with Crippen LogP contribution >= 0.6 is 0 Å². The Morgan fingerprint density at radius 1 is 1.53 bits per heavy atom. The minimum atomic E-state index is -0.0533. The maximum atomic E-state index is 11.6. The summed E-state index contributed by atoms with van der Waals surface area (Å²) in [6.45, 7) is 9.57. The van der Waals surface area contributed by atoms with E-state index >= 15 is 0 Å². The molecule has 0 saturated carbocycles. The second kappa shape index (κ2) is 6.98. The number of nitrogens with one attached hydrogen (secondary N) is 1. The molecule has 3 nitrogen and oxygen atoms in total. The summed E-state index contributed by atoms with van der Waals surface area (Å²) in [5, 5.41) is 2.63. The van der Waals surface area contributed by atoms with Crippen LogP contribution < -0.4 is 5.32 Å². The van der Waals surface area contributed by atoms with E-state index in [-0.39, 0.29) is 11.8 Å². The van der Waals surface area contributed by atoms with Crippen molar-refractivity contribution in [2.75, 3.05) is 7.05 Å². The molecule has 0 saturated heterocycles. The fraction of sp³-hybridized carbons (Fsp3) is 0.500. The molecule has 0 spiro atoms. The number of aliphatic imine (C=N–C) groups is 1. The van der Waals surface area contributed by atoms with Crippen molar-refractivity contribution in [1.82, 2.24) is 5.32 Å². The zero-order valence-corrected chi connectivity index (χ0v) is 10.0. The molecule has 0 fully saturated rings. The number of carbonyl (C=O) groups is 1. The molecule has 0 aromatic rings. The lowest BCUT2D eigenvalue weighted by Crippen LogP contribution is -2.21. The van der Waals surface area contributed by atoms with Gasteiger partial charge < -0.3 is 5.32 Å². The SMILES string of the molecule is C=CC=N/C(=C(\CC)C(=O)NC)C(C)C. The number of likely N-dealkylation sites (N-methyl/N-ethyl adjacent to an activating group) is 1. The van der Waals surface area contributed by atoms with Crippen LogP contribution in [0.1, 0.15) is 27.2 Å². The molecule has 15 heavy (non-hydrogen) atoms. The van der Waals surface area contributed by atoms with Gasteiger partial charge in [0.1, 0.15) is 0 Å². The average Bonchev–Trinajstić information content (AvgIpc) is 2.22. The number of carbonyl (C=O) groups excluding carboxylic acids is 1. The number of amides is 1. The molecule has 84 valence electrons. The Bertz CT molecular complexity index is 288. The van der Waals surface area contributed by atoms with Crippen LogP contribution in [0.15, 0.2) is 28.9 Å². The lowest BCUT2D eigenvalue weighted by Gasteiger charge is -2.12. The lowest BCUT2D eigenvalue weighted by molar-refractivity contribution is -0.117. The highest BCUT2D eigenvalue weighted by Crippen LogP contribution is 2.18. The Morgan fingerprint density at radius 3 is 2.47 bits per heavy atom. The van der Waals surface area contributed by atoms with Gasteiger partial charge in [-0.1, -0.05) is 33.4 Å². The van der Waals surface area contributed by atoms with E-state index in [4.69, 9.17) is 0 Å². The molecule has 3 heteroatoms. The van der Waals surface area contributed by atoms with Crippen LogP contribution in [0, 0.1) is 5.92 Å². The summed E-state index contributed by atoms with van der Waals surface area (Å²) in [5.74, 6) is 0.177. The van der Waals surface area contributed by atoms with Gasteiger partial charge in [0.05, 0.1) is 5.70 Å². The van der Waals surface area contributed by atoms with Gasteiger partial charge in [-0.3, -0.25) is 9.79 Å². The molecular weight excluding hydrogens is 188 g/mol. The average molecular weight is 208 g/mol. The van der Waals surface area contributed by atoms with E-state index in [2.05, 4.69) is 16.9 Å². The predicted molar refractivity (Wildman–Crippen MR) is 64.9 cm³/mol. The third-order valence-electron chi connectivity index (χ3n) is 2.03. The van der Waals surface area contributed by atoms with Gasteiger partial charge >= 0.3 is 0 Å². The first kappa shape index (κ1) is 13.6. The molecule has 0 atom stereocenters. The second-order valence-electron chi connectivity index (χ2n) is 3.47. The van der Waals surface area contributed by atoms with Gasteiger partial charge in [0, 0.05) is 18.8 Å². The maximum Gasteiger partial charge on any atom is 0.248 e. The van der Waals surface area contributed by atoms with Crippen LogP contribution in [0.5, 0.6) is 0 Å². The highest BCUT2D eigenvalue weighted by molar-refractivity contribution is 5.94. The van der Waals surface area contributed by atoms with E-state index in [1.807, 2.05) is 20.8 Å². The van der Waals surface area contributed by atoms with Crippen molar-refractivity contribution in [1.29, 1.82) is 0 Å². The Morgan fingerprint density at radius 2 is 2.13 bits per heavy atom. The molecule has 0 bridgehead atoms. The molecule has 0 unspecified atom stereocenters. The van der Waals surface area contributed by atoms with Crippen LogP contribution in [0.3, 0.4) is 0 Å². The molecule has 0 aliphatic rings. The van der Waals surface area contributed by atoms with Crippen molar-refractivity contribution >= 4 is 12.1 Å². The number of nitrogens with zero attached hydrogens (tertiary/aromatic N) is 1. The molecule has 1 N–H and O–H groups in total. The van der Waals surface area contributed by atoms with E-state index in [0.717, 1.165) is 11.3 Å². The Hall–Kier alpha value is -1.38. The first-order valence-corrected chi connectivity index (χ1v) is 5.18. The zero-order valence-electron chi connectivity index (χ0n) is 10.0. The van der Waals surface area contributed by atoms with E-state index in [1.165, 1.54) is 0 Å². The summed E-state index contributed by atoms with van der Waals surface area (Å²) in [5.41, 5.74) is 1.57. The molecule has 0 aromatic heterocycles. The third kappa shape index (κ3) is 4.11. The molecule has 0 aliphatic carbocycles. The second-order valence-corrected chi connectivity index (χ2v) is 3.47. The minimum Gasteiger partial charge on any atom is -0.355 e. The molecule has 1 amide bonds. The Labute approximate surface area is 92.0 Å². The summed E-state index contributed by atoms with van der Waals surface area (Å²) in [6.07, 6.45) is 3.91. The Balaban J connectivity index is 5.26. The van der Waals surface area contributed by atoms with Crippen LogP contribution in [0.25, 0.3) is 0 Å². The van der Waals surface area contributed by atoms with Gasteiger partial charge in [-0.05, 0) is 12.3 Å². The van der Waals surface area contributed by atoms with Crippen molar-refractivity contribution < 1.29 is 4.79 Å². The normalized spacial score (nSPS) is 12.9. The van der Waals surface area contributed by atoms with Crippen LogP contribution in [0.2, 0.25) is 0 Å². The van der Waals surface area contributed by atoms with Gasteiger partial charge in [0.2, 0.25) is 5.91 Å². The minimum absolute atomic E-state index is 0.0533. The summed E-state index contributed by atoms with van der Waals surface area (Å²) >= 11 is 0. The number of hydrogen-bond acceptors (Lipinski definition) is 2.